The first-order valence-corrected chi connectivity index (χ1v) is 6.57. The van der Waals surface area contributed by atoms with E-state index >= 15 is 0 Å². The molecule has 3 heteroatoms. The number of piperidine rings is 1. The predicted octanol–water partition coefficient (Wildman–Crippen LogP) is 2.78. The van der Waals surface area contributed by atoms with Crippen molar-refractivity contribution < 1.29 is 4.42 Å². The Kier molecular flexibility index (Phi) is 3.15. The molecule has 3 rings (SSSR count). The minimum absolute atomic E-state index is 0.195. The van der Waals surface area contributed by atoms with Crippen LogP contribution in [0.4, 0.5) is 0 Å². The molecule has 0 aliphatic carbocycles. The van der Waals surface area contributed by atoms with Gasteiger partial charge in [0.25, 0.3) is 0 Å². The van der Waals surface area contributed by atoms with E-state index in [0.717, 1.165) is 24.0 Å². The summed E-state index contributed by atoms with van der Waals surface area (Å²) < 4.78 is 5.35. The summed E-state index contributed by atoms with van der Waals surface area (Å²) in [6.07, 6.45) is 3.78. The fourth-order valence-electron chi connectivity index (χ4n) is 2.57. The summed E-state index contributed by atoms with van der Waals surface area (Å²) in [5.74, 6) is 0. The van der Waals surface area contributed by atoms with Crippen LogP contribution in [0.15, 0.2) is 39.5 Å². The first kappa shape index (κ1) is 11.5. The SMILES string of the molecule is O=c1oc2ccccc2cc1CN1CCCCC1. The van der Waals surface area contributed by atoms with Crippen molar-refractivity contribution in [2.75, 3.05) is 13.1 Å². The number of rotatable bonds is 2. The molecular weight excluding hydrogens is 226 g/mol. The number of hydrogen-bond donors (Lipinski definition) is 0. The summed E-state index contributed by atoms with van der Waals surface area (Å²) in [7, 11) is 0. The normalized spacial score (nSPS) is 17.1. The van der Waals surface area contributed by atoms with Crippen LogP contribution in [0, 0.1) is 0 Å². The van der Waals surface area contributed by atoms with Crippen LogP contribution in [0.2, 0.25) is 0 Å². The van der Waals surface area contributed by atoms with Crippen molar-refractivity contribution in [3.05, 3.63) is 46.3 Å². The van der Waals surface area contributed by atoms with Crippen LogP contribution in [0.1, 0.15) is 24.8 Å². The van der Waals surface area contributed by atoms with Gasteiger partial charge in [0.05, 0.1) is 5.56 Å². The van der Waals surface area contributed by atoms with Gasteiger partial charge in [-0.1, -0.05) is 24.6 Å². The molecule has 0 saturated carbocycles. The first-order chi connectivity index (χ1) is 8.83. The Hall–Kier alpha value is -1.61. The molecule has 0 N–H and O–H groups in total. The van der Waals surface area contributed by atoms with E-state index in [1.807, 2.05) is 30.3 Å². The Morgan fingerprint density at radius 1 is 1.11 bits per heavy atom. The highest BCUT2D eigenvalue weighted by Crippen LogP contribution is 2.15. The molecule has 1 aromatic heterocycles. The molecule has 1 aromatic carbocycles. The zero-order valence-electron chi connectivity index (χ0n) is 10.4. The van der Waals surface area contributed by atoms with E-state index in [9.17, 15) is 4.79 Å². The van der Waals surface area contributed by atoms with Crippen LogP contribution in [0.3, 0.4) is 0 Å². The maximum atomic E-state index is 11.9. The molecule has 18 heavy (non-hydrogen) atoms. The van der Waals surface area contributed by atoms with E-state index in [1.54, 1.807) is 0 Å². The molecule has 2 heterocycles. The van der Waals surface area contributed by atoms with Gasteiger partial charge in [0.15, 0.2) is 0 Å². The summed E-state index contributed by atoms with van der Waals surface area (Å²) in [4.78, 5) is 14.3. The Morgan fingerprint density at radius 2 is 1.89 bits per heavy atom. The minimum atomic E-state index is -0.195. The van der Waals surface area contributed by atoms with Crippen LogP contribution in [-0.4, -0.2) is 18.0 Å². The topological polar surface area (TPSA) is 33.5 Å². The molecule has 1 aliphatic rings. The van der Waals surface area contributed by atoms with Crippen molar-refractivity contribution in [1.29, 1.82) is 0 Å². The smallest absolute Gasteiger partial charge is 0.340 e. The van der Waals surface area contributed by atoms with Crippen LogP contribution < -0.4 is 5.63 Å². The molecule has 0 spiro atoms. The Balaban J connectivity index is 1.91. The van der Waals surface area contributed by atoms with E-state index in [-0.39, 0.29) is 5.63 Å². The van der Waals surface area contributed by atoms with Gasteiger partial charge in [-0.05, 0) is 38.1 Å². The largest absolute Gasteiger partial charge is 0.422 e. The highest BCUT2D eigenvalue weighted by Gasteiger charge is 2.13. The standard InChI is InChI=1S/C15H17NO2/c17-15-13(11-16-8-4-1-5-9-16)10-12-6-2-3-7-14(12)18-15/h2-3,6-7,10H,1,4-5,8-9,11H2. The number of para-hydroxylation sites is 1. The predicted molar refractivity (Wildman–Crippen MR) is 71.6 cm³/mol. The van der Waals surface area contributed by atoms with E-state index < -0.39 is 0 Å². The number of likely N-dealkylation sites (tertiary alicyclic amines) is 1. The number of benzene rings is 1. The lowest BCUT2D eigenvalue weighted by Gasteiger charge is -2.25. The molecule has 0 amide bonds. The van der Waals surface area contributed by atoms with Crippen molar-refractivity contribution in [2.24, 2.45) is 0 Å². The molecule has 2 aromatic rings. The average Bonchev–Trinajstić information content (AvgIpc) is 2.41. The molecule has 0 bridgehead atoms. The van der Waals surface area contributed by atoms with E-state index in [4.69, 9.17) is 4.42 Å². The summed E-state index contributed by atoms with van der Waals surface area (Å²) >= 11 is 0. The number of hydrogen-bond acceptors (Lipinski definition) is 3. The molecule has 1 fully saturated rings. The van der Waals surface area contributed by atoms with Crippen LogP contribution in [-0.2, 0) is 6.54 Å². The Morgan fingerprint density at radius 3 is 2.72 bits per heavy atom. The first-order valence-electron chi connectivity index (χ1n) is 6.57. The van der Waals surface area contributed by atoms with E-state index in [1.165, 1.54) is 19.3 Å². The van der Waals surface area contributed by atoms with Gasteiger partial charge < -0.3 is 4.42 Å². The fourth-order valence-corrected chi connectivity index (χ4v) is 2.57. The highest BCUT2D eigenvalue weighted by atomic mass is 16.4. The average molecular weight is 243 g/mol. The maximum Gasteiger partial charge on any atom is 0.340 e. The second-order valence-corrected chi connectivity index (χ2v) is 4.93. The minimum Gasteiger partial charge on any atom is -0.422 e. The van der Waals surface area contributed by atoms with Gasteiger partial charge in [0.2, 0.25) is 0 Å². The lowest BCUT2D eigenvalue weighted by molar-refractivity contribution is 0.218. The van der Waals surface area contributed by atoms with Crippen molar-refractivity contribution in [3.63, 3.8) is 0 Å². The summed E-state index contributed by atoms with van der Waals surface area (Å²) in [6, 6.07) is 9.64. The van der Waals surface area contributed by atoms with Crippen LogP contribution in [0.5, 0.6) is 0 Å². The number of fused-ring (bicyclic) bond motifs is 1. The van der Waals surface area contributed by atoms with Crippen LogP contribution in [0.25, 0.3) is 11.0 Å². The quantitative estimate of drug-likeness (QED) is 0.760. The highest BCUT2D eigenvalue weighted by molar-refractivity contribution is 5.76. The molecular formula is C15H17NO2. The zero-order valence-corrected chi connectivity index (χ0v) is 10.4. The van der Waals surface area contributed by atoms with Gasteiger partial charge >= 0.3 is 5.63 Å². The van der Waals surface area contributed by atoms with Crippen molar-refractivity contribution in [1.82, 2.24) is 4.90 Å². The fraction of sp³-hybridized carbons (Fsp3) is 0.400. The third kappa shape index (κ3) is 2.31. The molecule has 0 radical (unpaired) electrons. The molecule has 1 saturated heterocycles. The Bertz CT molecular complexity index is 597. The zero-order chi connectivity index (χ0) is 12.4. The van der Waals surface area contributed by atoms with Gasteiger partial charge in [0.1, 0.15) is 5.58 Å². The summed E-state index contributed by atoms with van der Waals surface area (Å²) in [6.45, 7) is 2.89. The van der Waals surface area contributed by atoms with Gasteiger partial charge in [-0.15, -0.1) is 0 Å². The van der Waals surface area contributed by atoms with E-state index in [0.29, 0.717) is 12.1 Å². The third-order valence-electron chi connectivity index (χ3n) is 3.56. The maximum absolute atomic E-state index is 11.9. The van der Waals surface area contributed by atoms with Crippen molar-refractivity contribution >= 4 is 11.0 Å². The van der Waals surface area contributed by atoms with Crippen molar-refractivity contribution in [3.8, 4) is 0 Å². The molecule has 94 valence electrons. The lowest BCUT2D eigenvalue weighted by Crippen LogP contribution is -2.31. The van der Waals surface area contributed by atoms with Crippen LogP contribution >= 0.6 is 0 Å². The number of nitrogens with zero attached hydrogens (tertiary/aromatic N) is 1. The molecule has 0 atom stereocenters. The van der Waals surface area contributed by atoms with Gasteiger partial charge in [0, 0.05) is 11.9 Å². The van der Waals surface area contributed by atoms with Gasteiger partial charge in [-0.2, -0.15) is 0 Å². The third-order valence-corrected chi connectivity index (χ3v) is 3.56. The Labute approximate surface area is 106 Å². The second-order valence-electron chi connectivity index (χ2n) is 4.93. The monoisotopic (exact) mass is 243 g/mol. The molecule has 0 unspecified atom stereocenters. The summed E-state index contributed by atoms with van der Waals surface area (Å²) in [5, 5.41) is 1.00. The van der Waals surface area contributed by atoms with Gasteiger partial charge in [-0.25, -0.2) is 4.79 Å². The van der Waals surface area contributed by atoms with Crippen molar-refractivity contribution in [2.45, 2.75) is 25.8 Å². The second kappa shape index (κ2) is 4.94. The van der Waals surface area contributed by atoms with Gasteiger partial charge in [-0.3, -0.25) is 4.90 Å². The summed E-state index contributed by atoms with van der Waals surface area (Å²) in [5.41, 5.74) is 1.25. The van der Waals surface area contributed by atoms with E-state index in [2.05, 4.69) is 4.90 Å². The lowest BCUT2D eigenvalue weighted by atomic mass is 10.1. The molecule has 3 nitrogen and oxygen atoms in total. The molecule has 1 aliphatic heterocycles.